The van der Waals surface area contributed by atoms with Gasteiger partial charge in [-0.3, -0.25) is 9.78 Å². The molecule has 2 aromatic rings. The number of nitrogen functional groups attached to an aromatic ring is 1. The van der Waals surface area contributed by atoms with Crippen LogP contribution in [0.2, 0.25) is 0 Å². The van der Waals surface area contributed by atoms with Gasteiger partial charge in [-0.15, -0.1) is 0 Å². The van der Waals surface area contributed by atoms with E-state index in [1.54, 1.807) is 25.2 Å². The first-order chi connectivity index (χ1) is 9.93. The molecule has 0 aliphatic heterocycles. The van der Waals surface area contributed by atoms with Crippen LogP contribution in [0.4, 0.5) is 11.4 Å². The largest absolute Gasteiger partial charge is 0.398 e. The zero-order valence-electron chi connectivity index (χ0n) is 12.4. The Kier molecular flexibility index (Phi) is 4.67. The van der Waals surface area contributed by atoms with Gasteiger partial charge in [0, 0.05) is 42.4 Å². The number of benzene rings is 1. The van der Waals surface area contributed by atoms with E-state index in [1.807, 2.05) is 30.0 Å². The van der Waals surface area contributed by atoms with Gasteiger partial charge in [0.2, 0.25) is 5.91 Å². The second-order valence-electron chi connectivity index (χ2n) is 5.03. The molecule has 1 aromatic carbocycles. The molecule has 0 spiro atoms. The molecule has 0 bridgehead atoms. The number of amides is 1. The van der Waals surface area contributed by atoms with Crippen LogP contribution in [0.25, 0.3) is 10.9 Å². The minimum absolute atomic E-state index is 0.0546. The number of hydrogen-bond acceptors (Lipinski definition) is 4. The fraction of sp³-hybridized carbons (Fsp3) is 0.333. The predicted molar refractivity (Wildman–Crippen MR) is 90.4 cm³/mol. The maximum absolute atomic E-state index is 12.0. The highest BCUT2D eigenvalue weighted by Gasteiger charge is 2.15. The summed E-state index contributed by atoms with van der Waals surface area (Å²) in [5.74, 6) is 0.0546. The molecule has 1 amide bonds. The van der Waals surface area contributed by atoms with E-state index in [4.69, 9.17) is 5.73 Å². The van der Waals surface area contributed by atoms with Crippen LogP contribution in [-0.4, -0.2) is 43.0 Å². The van der Waals surface area contributed by atoms with Crippen molar-refractivity contribution in [2.24, 2.45) is 0 Å². The number of fused-ring (bicyclic) bond motifs is 1. The van der Waals surface area contributed by atoms with Gasteiger partial charge in [-0.2, -0.15) is 0 Å². The van der Waals surface area contributed by atoms with Gasteiger partial charge in [0.1, 0.15) is 0 Å². The number of hydrogen-bond donors (Lipinski definition) is 1. The third-order valence-corrected chi connectivity index (χ3v) is 3.81. The van der Waals surface area contributed by atoms with Crippen LogP contribution >= 0.6 is 15.9 Å². The maximum Gasteiger partial charge on any atom is 0.241 e. The fourth-order valence-electron chi connectivity index (χ4n) is 2.13. The lowest BCUT2D eigenvalue weighted by atomic mass is 10.1. The van der Waals surface area contributed by atoms with Crippen molar-refractivity contribution in [3.05, 3.63) is 28.9 Å². The van der Waals surface area contributed by atoms with Crippen LogP contribution in [0.3, 0.4) is 0 Å². The third kappa shape index (κ3) is 3.26. The van der Waals surface area contributed by atoms with Crippen molar-refractivity contribution in [1.82, 2.24) is 9.88 Å². The van der Waals surface area contributed by atoms with Crippen molar-refractivity contribution in [1.29, 1.82) is 0 Å². The SMILES string of the molecule is CCN(CC(=O)N(C)C)c1ccc(N)c2cc(Br)cnc12. The Bertz CT molecular complexity index is 672. The van der Waals surface area contributed by atoms with Crippen LogP contribution in [-0.2, 0) is 4.79 Å². The second-order valence-corrected chi connectivity index (χ2v) is 5.94. The van der Waals surface area contributed by atoms with E-state index in [0.717, 1.165) is 27.6 Å². The number of carbonyl (C=O) groups is 1. The summed E-state index contributed by atoms with van der Waals surface area (Å²) >= 11 is 3.41. The van der Waals surface area contributed by atoms with E-state index in [9.17, 15) is 4.79 Å². The second kappa shape index (κ2) is 6.30. The first-order valence-corrected chi connectivity index (χ1v) is 7.52. The summed E-state index contributed by atoms with van der Waals surface area (Å²) in [6, 6.07) is 5.72. The number of pyridine rings is 1. The molecule has 0 fully saturated rings. The highest BCUT2D eigenvalue weighted by molar-refractivity contribution is 9.10. The Morgan fingerprint density at radius 3 is 2.71 bits per heavy atom. The molecule has 0 aliphatic carbocycles. The normalized spacial score (nSPS) is 10.7. The molecule has 0 atom stereocenters. The van der Waals surface area contributed by atoms with Crippen LogP contribution in [0.1, 0.15) is 6.92 Å². The molecule has 21 heavy (non-hydrogen) atoms. The van der Waals surface area contributed by atoms with Crippen LogP contribution in [0.5, 0.6) is 0 Å². The van der Waals surface area contributed by atoms with Gasteiger partial charge in [0.15, 0.2) is 0 Å². The van der Waals surface area contributed by atoms with Crippen molar-refractivity contribution in [3.63, 3.8) is 0 Å². The molecule has 0 unspecified atom stereocenters. The Morgan fingerprint density at radius 2 is 2.10 bits per heavy atom. The van der Waals surface area contributed by atoms with Gasteiger partial charge in [-0.25, -0.2) is 0 Å². The topological polar surface area (TPSA) is 62.5 Å². The van der Waals surface area contributed by atoms with Crippen LogP contribution in [0.15, 0.2) is 28.9 Å². The standard InChI is InChI=1S/C15H19BrN4O/c1-4-20(9-14(21)19(2)3)13-6-5-12(17)11-7-10(16)8-18-15(11)13/h5-8H,4,9,17H2,1-3H3. The van der Waals surface area contributed by atoms with Gasteiger partial charge in [0.05, 0.1) is 17.7 Å². The van der Waals surface area contributed by atoms with Crippen molar-refractivity contribution in [2.45, 2.75) is 6.92 Å². The van der Waals surface area contributed by atoms with Crippen molar-refractivity contribution < 1.29 is 4.79 Å². The number of nitrogens with zero attached hydrogens (tertiary/aromatic N) is 3. The predicted octanol–water partition coefficient (Wildman–Crippen LogP) is 2.49. The van der Waals surface area contributed by atoms with Crippen molar-refractivity contribution >= 4 is 44.1 Å². The summed E-state index contributed by atoms with van der Waals surface area (Å²) in [6.07, 6.45) is 1.74. The van der Waals surface area contributed by atoms with E-state index >= 15 is 0 Å². The highest BCUT2D eigenvalue weighted by Crippen LogP contribution is 2.31. The number of rotatable bonds is 4. The Balaban J connectivity index is 2.49. The van der Waals surface area contributed by atoms with E-state index in [1.165, 1.54) is 0 Å². The lowest BCUT2D eigenvalue weighted by Crippen LogP contribution is -2.36. The minimum Gasteiger partial charge on any atom is -0.398 e. The summed E-state index contributed by atoms with van der Waals surface area (Å²) < 4.78 is 0.881. The van der Waals surface area contributed by atoms with E-state index in [2.05, 4.69) is 20.9 Å². The molecule has 2 rings (SSSR count). The van der Waals surface area contributed by atoms with Gasteiger partial charge in [0.25, 0.3) is 0 Å². The Labute approximate surface area is 132 Å². The molecular weight excluding hydrogens is 332 g/mol. The number of anilines is 2. The fourth-order valence-corrected chi connectivity index (χ4v) is 2.46. The number of halogens is 1. The number of likely N-dealkylation sites (N-methyl/N-ethyl adjacent to an activating group) is 2. The van der Waals surface area contributed by atoms with Gasteiger partial charge in [-0.05, 0) is 41.1 Å². The molecule has 0 saturated carbocycles. The average molecular weight is 351 g/mol. The molecule has 112 valence electrons. The van der Waals surface area contributed by atoms with Gasteiger partial charge < -0.3 is 15.5 Å². The Morgan fingerprint density at radius 1 is 1.38 bits per heavy atom. The monoisotopic (exact) mass is 350 g/mol. The van der Waals surface area contributed by atoms with Crippen molar-refractivity contribution in [3.8, 4) is 0 Å². The maximum atomic E-state index is 12.0. The van der Waals surface area contributed by atoms with E-state index in [-0.39, 0.29) is 5.91 Å². The highest BCUT2D eigenvalue weighted by atomic mass is 79.9. The minimum atomic E-state index is 0.0546. The number of aromatic nitrogens is 1. The zero-order valence-corrected chi connectivity index (χ0v) is 14.0. The molecule has 1 heterocycles. The van der Waals surface area contributed by atoms with E-state index < -0.39 is 0 Å². The van der Waals surface area contributed by atoms with Crippen LogP contribution < -0.4 is 10.6 Å². The summed E-state index contributed by atoms with van der Waals surface area (Å²) in [6.45, 7) is 3.06. The lowest BCUT2D eigenvalue weighted by molar-refractivity contribution is -0.127. The molecule has 1 aromatic heterocycles. The molecule has 0 saturated heterocycles. The molecule has 0 radical (unpaired) electrons. The average Bonchev–Trinajstić information content (AvgIpc) is 2.45. The summed E-state index contributed by atoms with van der Waals surface area (Å²) in [4.78, 5) is 20.0. The van der Waals surface area contributed by atoms with Crippen LogP contribution in [0, 0.1) is 0 Å². The quantitative estimate of drug-likeness (QED) is 0.860. The molecule has 5 nitrogen and oxygen atoms in total. The van der Waals surface area contributed by atoms with Crippen molar-refractivity contribution in [2.75, 3.05) is 37.8 Å². The summed E-state index contributed by atoms with van der Waals surface area (Å²) in [5, 5.41) is 0.887. The first kappa shape index (κ1) is 15.6. The smallest absolute Gasteiger partial charge is 0.241 e. The molecule has 2 N–H and O–H groups in total. The lowest BCUT2D eigenvalue weighted by Gasteiger charge is -2.25. The van der Waals surface area contributed by atoms with E-state index in [0.29, 0.717) is 12.2 Å². The first-order valence-electron chi connectivity index (χ1n) is 6.73. The summed E-state index contributed by atoms with van der Waals surface area (Å²) in [7, 11) is 3.51. The number of carbonyl (C=O) groups excluding carboxylic acids is 1. The zero-order chi connectivity index (χ0) is 15.6. The van der Waals surface area contributed by atoms with Gasteiger partial charge in [-0.1, -0.05) is 0 Å². The third-order valence-electron chi connectivity index (χ3n) is 3.38. The number of nitrogens with two attached hydrogens (primary N) is 1. The summed E-state index contributed by atoms with van der Waals surface area (Å²) in [5.41, 5.74) is 8.44. The molecule has 6 heteroatoms. The van der Waals surface area contributed by atoms with Gasteiger partial charge >= 0.3 is 0 Å². The Hall–Kier alpha value is -1.82. The molecular formula is C15H19BrN4O. The molecule has 0 aliphatic rings.